The van der Waals surface area contributed by atoms with E-state index in [-0.39, 0.29) is 17.9 Å². The Kier molecular flexibility index (Phi) is 2.59. The minimum Gasteiger partial charge on any atom is -0.366 e. The van der Waals surface area contributed by atoms with Gasteiger partial charge in [-0.3, -0.25) is 0 Å². The summed E-state index contributed by atoms with van der Waals surface area (Å²) in [5.74, 6) is 0. The summed E-state index contributed by atoms with van der Waals surface area (Å²) < 4.78 is 37.2. The van der Waals surface area contributed by atoms with Crippen molar-refractivity contribution in [3.8, 4) is 6.07 Å². The van der Waals surface area contributed by atoms with Crippen LogP contribution < -0.4 is 10.2 Å². The molecule has 90 valence electrons. The van der Waals surface area contributed by atoms with E-state index in [0.717, 1.165) is 4.90 Å². The summed E-state index contributed by atoms with van der Waals surface area (Å²) in [5.41, 5.74) is 0.882. The highest BCUT2D eigenvalue weighted by molar-refractivity contribution is 5.76. The molecule has 1 atom stereocenters. The standard InChI is InChI=1S/C10H8F3N3O/c11-10(12,13)9(17)16-5-15-7-2-1-6(4-14)3-8(7)16/h1-3,9,15,17H,5H2/t9-/m1/s1. The Morgan fingerprint density at radius 2 is 2.18 bits per heavy atom. The lowest BCUT2D eigenvalue weighted by atomic mass is 10.2. The van der Waals surface area contributed by atoms with Crippen molar-refractivity contribution in [3.63, 3.8) is 0 Å². The van der Waals surface area contributed by atoms with Crippen LogP contribution in [-0.2, 0) is 0 Å². The third kappa shape index (κ3) is 1.99. The molecular formula is C10H8F3N3O. The molecule has 0 saturated heterocycles. The minimum absolute atomic E-state index is 0.148. The van der Waals surface area contributed by atoms with Gasteiger partial charge in [-0.2, -0.15) is 18.4 Å². The molecule has 0 fully saturated rings. The van der Waals surface area contributed by atoms with Gasteiger partial charge in [0.1, 0.15) is 0 Å². The molecule has 7 heteroatoms. The number of anilines is 2. The zero-order chi connectivity index (χ0) is 12.6. The average Bonchev–Trinajstić information content (AvgIpc) is 2.69. The number of rotatable bonds is 1. The van der Waals surface area contributed by atoms with E-state index in [0.29, 0.717) is 5.69 Å². The van der Waals surface area contributed by atoms with E-state index in [4.69, 9.17) is 5.26 Å². The van der Waals surface area contributed by atoms with E-state index < -0.39 is 12.4 Å². The maximum atomic E-state index is 12.4. The van der Waals surface area contributed by atoms with Crippen LogP contribution in [-0.4, -0.2) is 24.2 Å². The van der Waals surface area contributed by atoms with Crippen LogP contribution in [0.15, 0.2) is 18.2 Å². The molecule has 4 nitrogen and oxygen atoms in total. The number of nitrogens with one attached hydrogen (secondary N) is 1. The number of alkyl halides is 3. The Morgan fingerprint density at radius 1 is 1.47 bits per heavy atom. The number of hydrogen-bond donors (Lipinski definition) is 2. The molecule has 0 amide bonds. The first-order valence-electron chi connectivity index (χ1n) is 4.73. The highest BCUT2D eigenvalue weighted by Crippen LogP contribution is 2.36. The van der Waals surface area contributed by atoms with Gasteiger partial charge in [-0.1, -0.05) is 0 Å². The number of benzene rings is 1. The van der Waals surface area contributed by atoms with Crippen molar-refractivity contribution >= 4 is 11.4 Å². The molecular weight excluding hydrogens is 235 g/mol. The molecule has 0 spiro atoms. The van der Waals surface area contributed by atoms with Gasteiger partial charge in [-0.15, -0.1) is 0 Å². The Labute approximate surface area is 94.9 Å². The molecule has 0 saturated carbocycles. The number of fused-ring (bicyclic) bond motifs is 1. The molecule has 0 radical (unpaired) electrons. The number of nitriles is 1. The Hall–Kier alpha value is -1.94. The van der Waals surface area contributed by atoms with Gasteiger partial charge in [-0.25, -0.2) is 0 Å². The van der Waals surface area contributed by atoms with Gasteiger partial charge in [0.2, 0.25) is 6.23 Å². The van der Waals surface area contributed by atoms with Gasteiger partial charge in [0, 0.05) is 0 Å². The largest absolute Gasteiger partial charge is 0.433 e. The van der Waals surface area contributed by atoms with Gasteiger partial charge in [0.05, 0.1) is 29.7 Å². The fourth-order valence-electron chi connectivity index (χ4n) is 1.64. The fraction of sp³-hybridized carbons (Fsp3) is 0.300. The van der Waals surface area contributed by atoms with Crippen LogP contribution in [0, 0.1) is 11.3 Å². The zero-order valence-electron chi connectivity index (χ0n) is 8.49. The van der Waals surface area contributed by atoms with Crippen LogP contribution in [0.2, 0.25) is 0 Å². The zero-order valence-corrected chi connectivity index (χ0v) is 8.49. The summed E-state index contributed by atoms with van der Waals surface area (Å²) in [7, 11) is 0. The Morgan fingerprint density at radius 3 is 2.76 bits per heavy atom. The van der Waals surface area contributed by atoms with E-state index in [9.17, 15) is 18.3 Å². The molecule has 1 aromatic rings. The molecule has 1 aliphatic rings. The van der Waals surface area contributed by atoms with Crippen LogP contribution in [0.3, 0.4) is 0 Å². The van der Waals surface area contributed by atoms with E-state index in [2.05, 4.69) is 5.32 Å². The predicted octanol–water partition coefficient (Wildman–Crippen LogP) is 1.63. The first kappa shape index (κ1) is 11.5. The molecule has 1 aromatic carbocycles. The second kappa shape index (κ2) is 3.82. The maximum Gasteiger partial charge on any atom is 0.433 e. The van der Waals surface area contributed by atoms with Gasteiger partial charge in [0.15, 0.2) is 0 Å². The summed E-state index contributed by atoms with van der Waals surface area (Å²) in [4.78, 5) is 0.760. The lowest BCUT2D eigenvalue weighted by Crippen LogP contribution is -2.45. The van der Waals surface area contributed by atoms with Crippen molar-refractivity contribution in [2.45, 2.75) is 12.4 Å². The smallest absolute Gasteiger partial charge is 0.366 e. The first-order chi connectivity index (χ1) is 7.93. The Balaban J connectivity index is 2.36. The van der Waals surface area contributed by atoms with Crippen molar-refractivity contribution in [1.82, 2.24) is 0 Å². The van der Waals surface area contributed by atoms with Crippen LogP contribution >= 0.6 is 0 Å². The highest BCUT2D eigenvalue weighted by atomic mass is 19.4. The number of nitrogens with zero attached hydrogens (tertiary/aromatic N) is 2. The molecule has 17 heavy (non-hydrogen) atoms. The summed E-state index contributed by atoms with van der Waals surface area (Å²) >= 11 is 0. The van der Waals surface area contributed by atoms with Gasteiger partial charge in [-0.05, 0) is 18.2 Å². The van der Waals surface area contributed by atoms with Crippen molar-refractivity contribution in [1.29, 1.82) is 5.26 Å². The maximum absolute atomic E-state index is 12.4. The third-order valence-corrected chi connectivity index (χ3v) is 2.46. The van der Waals surface area contributed by atoms with E-state index in [1.54, 1.807) is 0 Å². The highest BCUT2D eigenvalue weighted by Gasteiger charge is 2.44. The lowest BCUT2D eigenvalue weighted by Gasteiger charge is -2.26. The van der Waals surface area contributed by atoms with Crippen molar-refractivity contribution in [2.75, 3.05) is 16.9 Å². The van der Waals surface area contributed by atoms with E-state index in [1.165, 1.54) is 18.2 Å². The molecule has 0 bridgehead atoms. The normalized spacial score (nSPS) is 16.1. The summed E-state index contributed by atoms with van der Waals surface area (Å²) in [6.07, 6.45) is -7.31. The molecule has 0 unspecified atom stereocenters. The SMILES string of the molecule is N#Cc1ccc2c(c1)N([C@H](O)C(F)(F)F)CN2. The van der Waals surface area contributed by atoms with Crippen molar-refractivity contribution in [2.24, 2.45) is 0 Å². The van der Waals surface area contributed by atoms with Gasteiger partial charge < -0.3 is 15.3 Å². The topological polar surface area (TPSA) is 59.3 Å². The number of aliphatic hydroxyl groups excluding tert-OH is 1. The molecule has 2 rings (SSSR count). The van der Waals surface area contributed by atoms with Crippen molar-refractivity contribution in [3.05, 3.63) is 23.8 Å². The number of hydrogen-bond acceptors (Lipinski definition) is 4. The summed E-state index contributed by atoms with van der Waals surface area (Å²) in [6, 6.07) is 6.15. The van der Waals surface area contributed by atoms with Crippen molar-refractivity contribution < 1.29 is 18.3 Å². The minimum atomic E-state index is -4.73. The van der Waals surface area contributed by atoms with Crippen LogP contribution in [0.1, 0.15) is 5.56 Å². The van der Waals surface area contributed by atoms with Gasteiger partial charge >= 0.3 is 6.18 Å². The lowest BCUT2D eigenvalue weighted by molar-refractivity contribution is -0.202. The summed E-state index contributed by atoms with van der Waals surface area (Å²) in [6.45, 7) is -0.148. The Bertz CT molecular complexity index is 481. The van der Waals surface area contributed by atoms with Crippen LogP contribution in [0.25, 0.3) is 0 Å². The molecule has 0 aromatic heterocycles. The average molecular weight is 243 g/mol. The van der Waals surface area contributed by atoms with Crippen LogP contribution in [0.4, 0.5) is 24.5 Å². The monoisotopic (exact) mass is 243 g/mol. The second-order valence-corrected chi connectivity index (χ2v) is 3.56. The van der Waals surface area contributed by atoms with Gasteiger partial charge in [0.25, 0.3) is 0 Å². The first-order valence-corrected chi connectivity index (χ1v) is 4.73. The molecule has 1 aliphatic heterocycles. The molecule has 0 aliphatic carbocycles. The number of aliphatic hydroxyl groups is 1. The fourth-order valence-corrected chi connectivity index (χ4v) is 1.64. The number of halogens is 3. The molecule has 1 heterocycles. The quantitative estimate of drug-likeness (QED) is 0.787. The van der Waals surface area contributed by atoms with E-state index in [1.807, 2.05) is 6.07 Å². The predicted molar refractivity (Wildman–Crippen MR) is 54.2 cm³/mol. The summed E-state index contributed by atoms with van der Waals surface area (Å²) in [5, 5.41) is 20.6. The van der Waals surface area contributed by atoms with Crippen LogP contribution in [0.5, 0.6) is 0 Å². The second-order valence-electron chi connectivity index (χ2n) is 3.56. The third-order valence-electron chi connectivity index (χ3n) is 2.46. The van der Waals surface area contributed by atoms with E-state index >= 15 is 0 Å². The molecule has 2 N–H and O–H groups in total.